The highest BCUT2D eigenvalue weighted by atomic mass is 32.1. The minimum absolute atomic E-state index is 0.252. The Hall–Kier alpha value is -3.22. The fourth-order valence-corrected chi connectivity index (χ4v) is 3.77. The van der Waals surface area contributed by atoms with E-state index in [0.29, 0.717) is 22.0 Å². The third kappa shape index (κ3) is 4.73. The minimum Gasteiger partial charge on any atom is -0.482 e. The van der Waals surface area contributed by atoms with Crippen molar-refractivity contribution in [2.75, 3.05) is 17.2 Å². The fourth-order valence-electron chi connectivity index (χ4n) is 2.40. The van der Waals surface area contributed by atoms with Crippen molar-refractivity contribution in [3.8, 4) is 23.1 Å². The quantitative estimate of drug-likeness (QED) is 0.636. The summed E-state index contributed by atoms with van der Waals surface area (Å²) in [7, 11) is 0. The van der Waals surface area contributed by atoms with Crippen molar-refractivity contribution in [2.45, 2.75) is 13.8 Å². The molecule has 0 fully saturated rings. The van der Waals surface area contributed by atoms with Gasteiger partial charge in [-0.3, -0.25) is 9.59 Å². The second kappa shape index (κ2) is 8.65. The first kappa shape index (κ1) is 19.5. The molecule has 0 saturated heterocycles. The Kier molecular flexibility index (Phi) is 6.03. The summed E-state index contributed by atoms with van der Waals surface area (Å²) < 4.78 is 5.60. The van der Waals surface area contributed by atoms with Crippen molar-refractivity contribution < 1.29 is 14.3 Å². The zero-order valence-corrected chi connectivity index (χ0v) is 16.7. The molecule has 0 aliphatic carbocycles. The van der Waals surface area contributed by atoms with Crippen LogP contribution in [-0.2, 0) is 9.59 Å². The van der Waals surface area contributed by atoms with E-state index in [0.717, 1.165) is 16.3 Å². The van der Waals surface area contributed by atoms with E-state index in [9.17, 15) is 9.59 Å². The van der Waals surface area contributed by atoms with Gasteiger partial charge in [0.1, 0.15) is 16.8 Å². The van der Waals surface area contributed by atoms with Crippen molar-refractivity contribution in [1.29, 1.82) is 5.26 Å². The number of aromatic nitrogens is 1. The van der Waals surface area contributed by atoms with E-state index < -0.39 is 5.91 Å². The first-order valence-electron chi connectivity index (χ1n) is 8.20. The van der Waals surface area contributed by atoms with Gasteiger partial charge >= 0.3 is 0 Å². The average molecular weight is 412 g/mol. The molecule has 0 aliphatic rings. The number of hydrogen-bond acceptors (Lipinski definition) is 7. The molecular formula is C19H16N4O3S2. The van der Waals surface area contributed by atoms with Crippen LogP contribution in [0.25, 0.3) is 11.3 Å². The molecule has 28 heavy (non-hydrogen) atoms. The average Bonchev–Trinajstić information content (AvgIpc) is 3.28. The molecule has 2 heterocycles. The van der Waals surface area contributed by atoms with Gasteiger partial charge in [0.05, 0.1) is 22.0 Å². The Morgan fingerprint density at radius 3 is 2.75 bits per heavy atom. The van der Waals surface area contributed by atoms with Crippen LogP contribution >= 0.6 is 22.7 Å². The largest absolute Gasteiger partial charge is 0.482 e. The van der Waals surface area contributed by atoms with E-state index in [1.807, 2.05) is 24.4 Å². The topological polar surface area (TPSA) is 104 Å². The number of hydrogen-bond donors (Lipinski definition) is 2. The van der Waals surface area contributed by atoms with Crippen molar-refractivity contribution >= 4 is 45.2 Å². The number of nitrogens with one attached hydrogen (secondary N) is 2. The molecule has 9 heteroatoms. The van der Waals surface area contributed by atoms with Crippen LogP contribution in [0.5, 0.6) is 5.75 Å². The van der Waals surface area contributed by atoms with Crippen LogP contribution in [0.2, 0.25) is 0 Å². The molecule has 2 aromatic heterocycles. The second-order valence-corrected chi connectivity index (χ2v) is 7.73. The lowest BCUT2D eigenvalue weighted by atomic mass is 10.1. The van der Waals surface area contributed by atoms with Gasteiger partial charge in [-0.1, -0.05) is 0 Å². The SMILES string of the molecule is CC(=O)Nc1cc(-c2csc(C)n2)ccc1OCC(=O)Nc1sccc1C#N. The molecule has 0 unspecified atom stereocenters. The van der Waals surface area contributed by atoms with E-state index in [4.69, 9.17) is 10.00 Å². The highest BCUT2D eigenvalue weighted by Crippen LogP contribution is 2.31. The molecular weight excluding hydrogens is 396 g/mol. The summed E-state index contributed by atoms with van der Waals surface area (Å²) in [4.78, 5) is 28.1. The van der Waals surface area contributed by atoms with Gasteiger partial charge in [-0.25, -0.2) is 4.98 Å². The fraction of sp³-hybridized carbons (Fsp3) is 0.158. The molecule has 0 saturated carbocycles. The van der Waals surface area contributed by atoms with Crippen molar-refractivity contribution in [1.82, 2.24) is 4.98 Å². The van der Waals surface area contributed by atoms with E-state index in [1.54, 1.807) is 23.6 Å². The van der Waals surface area contributed by atoms with Crippen molar-refractivity contribution in [3.63, 3.8) is 0 Å². The van der Waals surface area contributed by atoms with Gasteiger partial charge in [-0.15, -0.1) is 22.7 Å². The highest BCUT2D eigenvalue weighted by molar-refractivity contribution is 7.14. The van der Waals surface area contributed by atoms with Crippen LogP contribution in [-0.4, -0.2) is 23.4 Å². The summed E-state index contributed by atoms with van der Waals surface area (Å²) in [6.07, 6.45) is 0. The molecule has 2 N–H and O–H groups in total. The Morgan fingerprint density at radius 1 is 1.25 bits per heavy atom. The third-order valence-corrected chi connectivity index (χ3v) is 5.21. The second-order valence-electron chi connectivity index (χ2n) is 5.76. The molecule has 0 spiro atoms. The van der Waals surface area contributed by atoms with Crippen LogP contribution < -0.4 is 15.4 Å². The molecule has 1 aromatic carbocycles. The molecule has 0 aliphatic heterocycles. The van der Waals surface area contributed by atoms with Crippen LogP contribution in [0.15, 0.2) is 35.0 Å². The van der Waals surface area contributed by atoms with Crippen LogP contribution in [0.4, 0.5) is 10.7 Å². The first-order valence-corrected chi connectivity index (χ1v) is 9.96. The Labute approximate surface area is 169 Å². The summed E-state index contributed by atoms with van der Waals surface area (Å²) in [6.45, 7) is 3.06. The summed E-state index contributed by atoms with van der Waals surface area (Å²) in [5, 5.41) is 19.4. The van der Waals surface area contributed by atoms with Gasteiger partial charge in [0, 0.05) is 17.9 Å². The third-order valence-electron chi connectivity index (χ3n) is 3.60. The normalized spacial score (nSPS) is 10.2. The van der Waals surface area contributed by atoms with Gasteiger partial charge < -0.3 is 15.4 Å². The number of nitrogens with zero attached hydrogens (tertiary/aromatic N) is 2. The predicted molar refractivity (Wildman–Crippen MR) is 110 cm³/mol. The summed E-state index contributed by atoms with van der Waals surface area (Å²) >= 11 is 2.80. The molecule has 0 atom stereocenters. The smallest absolute Gasteiger partial charge is 0.262 e. The molecule has 142 valence electrons. The number of benzene rings is 1. The minimum atomic E-state index is -0.396. The van der Waals surface area contributed by atoms with Gasteiger partial charge in [0.2, 0.25) is 5.91 Å². The summed E-state index contributed by atoms with van der Waals surface area (Å²) in [5.74, 6) is -0.280. The van der Waals surface area contributed by atoms with Crippen LogP contribution in [0.3, 0.4) is 0 Å². The maximum Gasteiger partial charge on any atom is 0.262 e. The number of ether oxygens (including phenoxy) is 1. The number of rotatable bonds is 6. The van der Waals surface area contributed by atoms with E-state index in [2.05, 4.69) is 15.6 Å². The van der Waals surface area contributed by atoms with Crippen molar-refractivity contribution in [2.24, 2.45) is 0 Å². The first-order chi connectivity index (χ1) is 13.5. The molecule has 2 amide bonds. The Morgan fingerprint density at radius 2 is 2.07 bits per heavy atom. The highest BCUT2D eigenvalue weighted by Gasteiger charge is 2.13. The zero-order valence-electron chi connectivity index (χ0n) is 15.1. The summed E-state index contributed by atoms with van der Waals surface area (Å²) in [5.41, 5.74) is 2.50. The molecule has 0 radical (unpaired) electrons. The van der Waals surface area contributed by atoms with E-state index in [1.165, 1.54) is 29.6 Å². The molecule has 3 rings (SSSR count). The van der Waals surface area contributed by atoms with E-state index >= 15 is 0 Å². The number of anilines is 2. The lowest BCUT2D eigenvalue weighted by Gasteiger charge is -2.13. The van der Waals surface area contributed by atoms with Crippen molar-refractivity contribution in [3.05, 3.63) is 45.6 Å². The maximum absolute atomic E-state index is 12.1. The lowest BCUT2D eigenvalue weighted by molar-refractivity contribution is -0.118. The van der Waals surface area contributed by atoms with Gasteiger partial charge in [-0.2, -0.15) is 5.26 Å². The number of thiophene rings is 1. The van der Waals surface area contributed by atoms with Gasteiger partial charge in [-0.05, 0) is 36.6 Å². The van der Waals surface area contributed by atoms with Crippen LogP contribution in [0.1, 0.15) is 17.5 Å². The predicted octanol–water partition coefficient (Wildman–Crippen LogP) is 4.03. The maximum atomic E-state index is 12.1. The number of aryl methyl sites for hydroxylation is 1. The molecule has 0 bridgehead atoms. The number of nitriles is 1. The number of carbonyl (C=O) groups is 2. The zero-order chi connectivity index (χ0) is 20.1. The number of thiazole rings is 1. The molecule has 3 aromatic rings. The lowest BCUT2D eigenvalue weighted by Crippen LogP contribution is -2.20. The Balaban J connectivity index is 1.74. The monoisotopic (exact) mass is 412 g/mol. The molecule has 7 nitrogen and oxygen atoms in total. The Bertz CT molecular complexity index is 1070. The van der Waals surface area contributed by atoms with Gasteiger partial charge in [0.25, 0.3) is 5.91 Å². The summed E-state index contributed by atoms with van der Waals surface area (Å²) in [6, 6.07) is 8.91. The standard InChI is InChI=1S/C19H16N4O3S2/c1-11(24)21-15-7-13(16-10-28-12(2)22-16)3-4-17(15)26-9-18(25)23-19-14(8-20)5-6-27-19/h3-7,10H,9H2,1-2H3,(H,21,24)(H,23,25). The van der Waals surface area contributed by atoms with E-state index in [-0.39, 0.29) is 12.5 Å². The number of amides is 2. The van der Waals surface area contributed by atoms with Gasteiger partial charge in [0.15, 0.2) is 6.61 Å². The van der Waals surface area contributed by atoms with Crippen LogP contribution in [0, 0.1) is 18.3 Å². The number of carbonyl (C=O) groups excluding carboxylic acids is 2.